The molecule has 3 aromatic rings. The van der Waals surface area contributed by atoms with Crippen LogP contribution in [0.25, 0.3) is 0 Å². The Morgan fingerprint density at radius 3 is 1.57 bits per heavy atom. The Morgan fingerprint density at radius 2 is 1.12 bits per heavy atom. The molecule has 202 valence electrons. The third-order valence-corrected chi connectivity index (χ3v) is 4.85. The molecule has 0 aromatic heterocycles. The molecule has 0 aliphatic carbocycles. The molecule has 11 nitrogen and oxygen atoms in total. The Morgan fingerprint density at radius 1 is 0.675 bits per heavy atom. The van der Waals surface area contributed by atoms with Crippen molar-refractivity contribution in [3.05, 3.63) is 109 Å². The third kappa shape index (κ3) is 8.32. The average molecular weight is 543 g/mol. The van der Waals surface area contributed by atoms with E-state index in [9.17, 15) is 24.4 Å². The molecule has 0 atom stereocenters. The molecule has 0 heterocycles. The zero-order valence-electron chi connectivity index (χ0n) is 20.9. The van der Waals surface area contributed by atoms with Crippen LogP contribution in [0.15, 0.2) is 92.0 Å². The van der Waals surface area contributed by atoms with Crippen molar-refractivity contribution in [1.29, 1.82) is 5.26 Å². The first-order chi connectivity index (χ1) is 19.3. The van der Waals surface area contributed by atoms with Crippen molar-refractivity contribution in [1.82, 2.24) is 0 Å². The SMILES string of the molecule is C=CC(=O)OCOc1ccc(C(=O)Oc2ccc(OC(=O)c3ccc(OCOC(=O)C=C)cc3)c(C#N)c2)cc1. The van der Waals surface area contributed by atoms with Crippen LogP contribution in [-0.2, 0) is 19.1 Å². The Kier molecular flexibility index (Phi) is 10.1. The van der Waals surface area contributed by atoms with Crippen molar-refractivity contribution in [2.75, 3.05) is 13.6 Å². The van der Waals surface area contributed by atoms with Crippen LogP contribution in [0.4, 0.5) is 0 Å². The quantitative estimate of drug-likeness (QED) is 0.141. The highest BCUT2D eigenvalue weighted by Gasteiger charge is 2.15. The summed E-state index contributed by atoms with van der Waals surface area (Å²) >= 11 is 0. The standard InChI is InChI=1S/C29H21NO10/c1-3-26(31)37-17-35-22-9-5-19(6-10-22)28(33)39-24-13-14-25(21(15-24)16-30)40-29(34)20-7-11-23(12-8-20)36-18-38-27(32)4-2/h3-15H,1-2,17-18H2. The number of hydrogen-bond acceptors (Lipinski definition) is 11. The molecule has 0 fully saturated rings. The number of benzene rings is 3. The first-order valence-corrected chi connectivity index (χ1v) is 11.4. The summed E-state index contributed by atoms with van der Waals surface area (Å²) in [6, 6.07) is 17.5. The summed E-state index contributed by atoms with van der Waals surface area (Å²) in [7, 11) is 0. The van der Waals surface area contributed by atoms with Crippen LogP contribution in [0.2, 0.25) is 0 Å². The molecule has 0 N–H and O–H groups in total. The van der Waals surface area contributed by atoms with Gasteiger partial charge in [-0.25, -0.2) is 19.2 Å². The fraction of sp³-hybridized carbons (Fsp3) is 0.0690. The lowest BCUT2D eigenvalue weighted by Gasteiger charge is -2.10. The zero-order valence-corrected chi connectivity index (χ0v) is 20.9. The van der Waals surface area contributed by atoms with Gasteiger partial charge in [-0.05, 0) is 60.7 Å². The first-order valence-electron chi connectivity index (χ1n) is 11.4. The highest BCUT2D eigenvalue weighted by atomic mass is 16.7. The van der Waals surface area contributed by atoms with Crippen molar-refractivity contribution in [3.8, 4) is 29.1 Å². The van der Waals surface area contributed by atoms with Crippen LogP contribution in [-0.4, -0.2) is 37.5 Å². The molecule has 0 bridgehead atoms. The number of carbonyl (C=O) groups excluding carboxylic acids is 4. The van der Waals surface area contributed by atoms with E-state index in [1.54, 1.807) is 0 Å². The molecule has 0 radical (unpaired) electrons. The fourth-order valence-electron chi connectivity index (χ4n) is 2.88. The molecule has 0 saturated heterocycles. The predicted octanol–water partition coefficient (Wildman–Crippen LogP) is 4.13. The van der Waals surface area contributed by atoms with E-state index in [1.807, 2.05) is 6.07 Å². The second kappa shape index (κ2) is 14.2. The minimum atomic E-state index is -0.743. The van der Waals surface area contributed by atoms with Crippen LogP contribution in [0.3, 0.4) is 0 Å². The van der Waals surface area contributed by atoms with E-state index in [-0.39, 0.29) is 41.8 Å². The maximum absolute atomic E-state index is 12.5. The molecule has 40 heavy (non-hydrogen) atoms. The van der Waals surface area contributed by atoms with E-state index in [2.05, 4.69) is 13.2 Å². The molecule has 0 aliphatic rings. The molecule has 0 spiro atoms. The van der Waals surface area contributed by atoms with Crippen molar-refractivity contribution in [3.63, 3.8) is 0 Å². The lowest BCUT2D eigenvalue weighted by molar-refractivity contribution is -0.145. The minimum absolute atomic E-state index is 0.0392. The van der Waals surface area contributed by atoms with E-state index in [4.69, 9.17) is 28.4 Å². The van der Waals surface area contributed by atoms with Crippen molar-refractivity contribution >= 4 is 23.9 Å². The predicted molar refractivity (Wildman–Crippen MR) is 138 cm³/mol. The number of hydrogen-bond donors (Lipinski definition) is 0. The van der Waals surface area contributed by atoms with E-state index in [0.29, 0.717) is 11.5 Å². The Balaban J connectivity index is 1.57. The molecule has 3 aromatic carbocycles. The summed E-state index contributed by atoms with van der Waals surface area (Å²) in [5.41, 5.74) is 0.317. The molecule has 3 rings (SSSR count). The lowest BCUT2D eigenvalue weighted by atomic mass is 10.2. The number of ether oxygens (including phenoxy) is 6. The summed E-state index contributed by atoms with van der Waals surface area (Å²) < 4.78 is 30.5. The van der Waals surface area contributed by atoms with Crippen LogP contribution in [0.1, 0.15) is 26.3 Å². The van der Waals surface area contributed by atoms with E-state index >= 15 is 0 Å². The largest absolute Gasteiger partial charge is 0.457 e. The van der Waals surface area contributed by atoms with E-state index in [0.717, 1.165) is 12.2 Å². The number of carbonyl (C=O) groups is 4. The summed E-state index contributed by atoms with van der Waals surface area (Å²) in [5, 5.41) is 9.51. The number of rotatable bonds is 12. The van der Waals surface area contributed by atoms with Crippen LogP contribution >= 0.6 is 0 Å². The van der Waals surface area contributed by atoms with Crippen molar-refractivity contribution in [2.24, 2.45) is 0 Å². The van der Waals surface area contributed by atoms with Crippen LogP contribution < -0.4 is 18.9 Å². The molecule has 0 aliphatic heterocycles. The molecular formula is C29H21NO10. The second-order valence-corrected chi connectivity index (χ2v) is 7.46. The van der Waals surface area contributed by atoms with Gasteiger partial charge in [0, 0.05) is 18.2 Å². The molecule has 0 amide bonds. The molecule has 0 unspecified atom stereocenters. The Labute approximate surface area is 228 Å². The van der Waals surface area contributed by atoms with Crippen molar-refractivity contribution in [2.45, 2.75) is 0 Å². The van der Waals surface area contributed by atoms with Crippen LogP contribution in [0, 0.1) is 11.3 Å². The highest BCUT2D eigenvalue weighted by Crippen LogP contribution is 2.26. The maximum Gasteiger partial charge on any atom is 0.343 e. The Bertz CT molecular complexity index is 1450. The minimum Gasteiger partial charge on any atom is -0.457 e. The van der Waals surface area contributed by atoms with Gasteiger partial charge >= 0.3 is 23.9 Å². The summed E-state index contributed by atoms with van der Waals surface area (Å²) in [4.78, 5) is 47.1. The topological polar surface area (TPSA) is 147 Å². The zero-order chi connectivity index (χ0) is 28.9. The van der Waals surface area contributed by atoms with Gasteiger partial charge < -0.3 is 28.4 Å². The average Bonchev–Trinajstić information content (AvgIpc) is 2.98. The van der Waals surface area contributed by atoms with Gasteiger partial charge in [0.25, 0.3) is 0 Å². The number of nitrogens with zero attached hydrogens (tertiary/aromatic N) is 1. The van der Waals surface area contributed by atoms with Gasteiger partial charge in [-0.15, -0.1) is 0 Å². The van der Waals surface area contributed by atoms with Gasteiger partial charge in [-0.2, -0.15) is 5.26 Å². The van der Waals surface area contributed by atoms with Gasteiger partial charge in [0.2, 0.25) is 13.6 Å². The number of nitriles is 1. The Hall–Kier alpha value is -5.89. The normalized spacial score (nSPS) is 9.78. The van der Waals surface area contributed by atoms with Gasteiger partial charge in [0.1, 0.15) is 29.1 Å². The lowest BCUT2D eigenvalue weighted by Crippen LogP contribution is -2.11. The van der Waals surface area contributed by atoms with Crippen LogP contribution in [0.5, 0.6) is 23.0 Å². The number of esters is 4. The third-order valence-electron chi connectivity index (χ3n) is 4.85. The summed E-state index contributed by atoms with van der Waals surface area (Å²) in [6.07, 6.45) is 2.00. The van der Waals surface area contributed by atoms with E-state index < -0.39 is 23.9 Å². The van der Waals surface area contributed by atoms with Gasteiger partial charge in [0.15, 0.2) is 0 Å². The van der Waals surface area contributed by atoms with E-state index in [1.165, 1.54) is 66.7 Å². The maximum atomic E-state index is 12.5. The van der Waals surface area contributed by atoms with Crippen molar-refractivity contribution < 1.29 is 47.6 Å². The highest BCUT2D eigenvalue weighted by molar-refractivity contribution is 5.92. The second-order valence-electron chi connectivity index (χ2n) is 7.46. The van der Waals surface area contributed by atoms with Gasteiger partial charge in [0.05, 0.1) is 16.7 Å². The van der Waals surface area contributed by atoms with Gasteiger partial charge in [-0.3, -0.25) is 0 Å². The molecule has 0 saturated carbocycles. The smallest absolute Gasteiger partial charge is 0.343 e. The summed E-state index contributed by atoms with van der Waals surface area (Å²) in [6.45, 7) is 5.89. The summed E-state index contributed by atoms with van der Waals surface area (Å²) in [5.74, 6) is -2.02. The molecule has 11 heteroatoms. The molecular weight excluding hydrogens is 522 g/mol. The monoisotopic (exact) mass is 543 g/mol. The fourth-order valence-corrected chi connectivity index (χ4v) is 2.88. The van der Waals surface area contributed by atoms with Gasteiger partial charge in [-0.1, -0.05) is 13.2 Å². The first kappa shape index (κ1) is 28.7.